The molecule has 106 valence electrons. The number of benzene rings is 2. The van der Waals surface area contributed by atoms with Gasteiger partial charge in [0, 0.05) is 10.0 Å². The van der Waals surface area contributed by atoms with Crippen molar-refractivity contribution in [2.75, 3.05) is 0 Å². The van der Waals surface area contributed by atoms with E-state index in [-0.39, 0.29) is 11.9 Å². The van der Waals surface area contributed by atoms with Crippen molar-refractivity contribution in [3.63, 3.8) is 0 Å². The van der Waals surface area contributed by atoms with Gasteiger partial charge in [0.1, 0.15) is 15.8 Å². The Morgan fingerprint density at radius 3 is 2.57 bits per heavy atom. The van der Waals surface area contributed by atoms with Crippen molar-refractivity contribution < 1.29 is 4.39 Å². The highest BCUT2D eigenvalue weighted by Gasteiger charge is 2.15. The van der Waals surface area contributed by atoms with E-state index in [0.29, 0.717) is 20.1 Å². The van der Waals surface area contributed by atoms with Gasteiger partial charge in [0.25, 0.3) is 0 Å². The standard InChI is InChI=1S/C15H11BrFN3S/c16-11-6-10(7-12(17)8-11)14-19-20-15(21-14)13(18)9-4-2-1-3-5-9/h1-8,13H,18H2. The molecule has 2 aromatic carbocycles. The fraction of sp³-hybridized carbons (Fsp3) is 0.0667. The molecular formula is C15H11BrFN3S. The Morgan fingerprint density at radius 1 is 1.10 bits per heavy atom. The van der Waals surface area contributed by atoms with E-state index in [4.69, 9.17) is 5.73 Å². The third kappa shape index (κ3) is 3.18. The van der Waals surface area contributed by atoms with Crippen molar-refractivity contribution in [3.8, 4) is 10.6 Å². The largest absolute Gasteiger partial charge is 0.318 e. The lowest BCUT2D eigenvalue weighted by Crippen LogP contribution is -2.11. The van der Waals surface area contributed by atoms with E-state index in [1.807, 2.05) is 30.3 Å². The van der Waals surface area contributed by atoms with E-state index < -0.39 is 0 Å². The van der Waals surface area contributed by atoms with E-state index in [1.54, 1.807) is 6.07 Å². The van der Waals surface area contributed by atoms with E-state index in [2.05, 4.69) is 26.1 Å². The Hall–Kier alpha value is -1.63. The number of hydrogen-bond acceptors (Lipinski definition) is 4. The predicted octanol–water partition coefficient (Wildman–Crippen LogP) is 4.15. The molecule has 3 aromatic rings. The Bertz CT molecular complexity index is 740. The van der Waals surface area contributed by atoms with Gasteiger partial charge in [-0.15, -0.1) is 10.2 Å². The summed E-state index contributed by atoms with van der Waals surface area (Å²) < 4.78 is 14.1. The molecule has 0 bridgehead atoms. The minimum Gasteiger partial charge on any atom is -0.318 e. The van der Waals surface area contributed by atoms with Crippen LogP contribution in [0.25, 0.3) is 10.6 Å². The maximum Gasteiger partial charge on any atom is 0.148 e. The molecule has 0 saturated heterocycles. The molecule has 0 spiro atoms. The summed E-state index contributed by atoms with van der Waals surface area (Å²) in [7, 11) is 0. The summed E-state index contributed by atoms with van der Waals surface area (Å²) in [4.78, 5) is 0. The lowest BCUT2D eigenvalue weighted by Gasteiger charge is -2.06. The van der Waals surface area contributed by atoms with Gasteiger partial charge in [-0.05, 0) is 23.8 Å². The summed E-state index contributed by atoms with van der Waals surface area (Å²) >= 11 is 4.65. The normalized spacial score (nSPS) is 12.3. The topological polar surface area (TPSA) is 51.8 Å². The predicted molar refractivity (Wildman–Crippen MR) is 85.5 cm³/mol. The van der Waals surface area contributed by atoms with Crippen LogP contribution in [0.5, 0.6) is 0 Å². The van der Waals surface area contributed by atoms with Crippen molar-refractivity contribution >= 4 is 27.3 Å². The quantitative estimate of drug-likeness (QED) is 0.760. The van der Waals surface area contributed by atoms with Crippen molar-refractivity contribution in [3.05, 3.63) is 69.4 Å². The van der Waals surface area contributed by atoms with Crippen molar-refractivity contribution in [2.45, 2.75) is 6.04 Å². The van der Waals surface area contributed by atoms with E-state index in [1.165, 1.54) is 23.5 Å². The van der Waals surface area contributed by atoms with Crippen LogP contribution in [0.2, 0.25) is 0 Å². The zero-order chi connectivity index (χ0) is 14.8. The minimum absolute atomic E-state index is 0.316. The van der Waals surface area contributed by atoms with Gasteiger partial charge in [0.15, 0.2) is 0 Å². The zero-order valence-electron chi connectivity index (χ0n) is 10.8. The van der Waals surface area contributed by atoms with E-state index in [9.17, 15) is 4.39 Å². The number of aromatic nitrogens is 2. The summed E-state index contributed by atoms with van der Waals surface area (Å²) in [6, 6.07) is 14.0. The molecule has 0 fully saturated rings. The fourth-order valence-electron chi connectivity index (χ4n) is 1.96. The molecule has 0 amide bonds. The van der Waals surface area contributed by atoms with Crippen LogP contribution < -0.4 is 5.73 Å². The first kappa shape index (κ1) is 14.3. The monoisotopic (exact) mass is 363 g/mol. The summed E-state index contributed by atoms with van der Waals surface area (Å²) in [5.41, 5.74) is 7.85. The van der Waals surface area contributed by atoms with Crippen LogP contribution in [0, 0.1) is 5.82 Å². The highest BCUT2D eigenvalue weighted by atomic mass is 79.9. The van der Waals surface area contributed by atoms with Gasteiger partial charge < -0.3 is 5.73 Å². The smallest absolute Gasteiger partial charge is 0.148 e. The average molecular weight is 364 g/mol. The fourth-order valence-corrected chi connectivity index (χ4v) is 3.28. The van der Waals surface area contributed by atoms with Crippen molar-refractivity contribution in [1.82, 2.24) is 10.2 Å². The van der Waals surface area contributed by atoms with Gasteiger partial charge in [-0.25, -0.2) is 4.39 Å². The Labute approximate surface area is 133 Å². The van der Waals surface area contributed by atoms with Crippen LogP contribution in [0.3, 0.4) is 0 Å². The summed E-state index contributed by atoms with van der Waals surface area (Å²) in [6.45, 7) is 0. The van der Waals surface area contributed by atoms with Gasteiger partial charge in [0.2, 0.25) is 0 Å². The van der Waals surface area contributed by atoms with Gasteiger partial charge in [-0.3, -0.25) is 0 Å². The molecule has 0 radical (unpaired) electrons. The third-order valence-corrected chi connectivity index (χ3v) is 4.49. The summed E-state index contributed by atoms with van der Waals surface area (Å²) in [5.74, 6) is -0.316. The molecule has 6 heteroatoms. The highest BCUT2D eigenvalue weighted by Crippen LogP contribution is 2.30. The van der Waals surface area contributed by atoms with Gasteiger partial charge in [-0.2, -0.15) is 0 Å². The van der Waals surface area contributed by atoms with Crippen molar-refractivity contribution in [2.24, 2.45) is 5.73 Å². The van der Waals surface area contributed by atoms with Crippen LogP contribution in [-0.2, 0) is 0 Å². The molecule has 21 heavy (non-hydrogen) atoms. The molecule has 0 aliphatic rings. The Morgan fingerprint density at radius 2 is 1.86 bits per heavy atom. The molecule has 1 aromatic heterocycles. The van der Waals surface area contributed by atoms with Crippen LogP contribution in [0.1, 0.15) is 16.6 Å². The Kier molecular flexibility index (Phi) is 4.10. The van der Waals surface area contributed by atoms with Gasteiger partial charge in [-0.1, -0.05) is 57.6 Å². The molecule has 0 aliphatic carbocycles. The second-order valence-electron chi connectivity index (χ2n) is 4.49. The zero-order valence-corrected chi connectivity index (χ0v) is 13.2. The average Bonchev–Trinajstić information content (AvgIpc) is 2.96. The first-order chi connectivity index (χ1) is 10.1. The summed E-state index contributed by atoms with van der Waals surface area (Å²) in [6.07, 6.45) is 0. The molecule has 2 N–H and O–H groups in total. The molecule has 1 heterocycles. The number of nitrogens with two attached hydrogens (primary N) is 1. The first-order valence-electron chi connectivity index (χ1n) is 6.24. The second kappa shape index (κ2) is 6.01. The molecule has 3 rings (SSSR count). The lowest BCUT2D eigenvalue weighted by atomic mass is 10.1. The maximum atomic E-state index is 13.4. The molecule has 1 atom stereocenters. The van der Waals surface area contributed by atoms with Gasteiger partial charge >= 0.3 is 0 Å². The number of nitrogens with zero attached hydrogens (tertiary/aromatic N) is 2. The van der Waals surface area contributed by atoms with Crippen LogP contribution in [0.4, 0.5) is 4.39 Å². The maximum absolute atomic E-state index is 13.4. The van der Waals surface area contributed by atoms with Crippen LogP contribution in [0.15, 0.2) is 53.0 Å². The first-order valence-corrected chi connectivity index (χ1v) is 7.85. The summed E-state index contributed by atoms with van der Waals surface area (Å²) in [5, 5.41) is 9.61. The van der Waals surface area contributed by atoms with E-state index in [0.717, 1.165) is 5.56 Å². The molecular weight excluding hydrogens is 353 g/mol. The minimum atomic E-state index is -0.325. The number of hydrogen-bond donors (Lipinski definition) is 1. The van der Waals surface area contributed by atoms with Gasteiger partial charge in [0.05, 0.1) is 6.04 Å². The molecule has 0 aliphatic heterocycles. The van der Waals surface area contributed by atoms with Crippen LogP contribution in [-0.4, -0.2) is 10.2 Å². The molecule has 3 nitrogen and oxygen atoms in total. The SMILES string of the molecule is NC(c1ccccc1)c1nnc(-c2cc(F)cc(Br)c2)s1. The molecule has 0 saturated carbocycles. The van der Waals surface area contributed by atoms with E-state index >= 15 is 0 Å². The third-order valence-electron chi connectivity index (χ3n) is 2.97. The molecule has 1 unspecified atom stereocenters. The second-order valence-corrected chi connectivity index (χ2v) is 6.42. The number of rotatable bonds is 3. The van der Waals surface area contributed by atoms with Crippen molar-refractivity contribution in [1.29, 1.82) is 0 Å². The van der Waals surface area contributed by atoms with Crippen LogP contribution >= 0.6 is 27.3 Å². The highest BCUT2D eigenvalue weighted by molar-refractivity contribution is 9.10. The Balaban J connectivity index is 1.93. The lowest BCUT2D eigenvalue weighted by molar-refractivity contribution is 0.627. The number of halogens is 2.